The Morgan fingerprint density at radius 2 is 2.20 bits per heavy atom. The molecule has 0 aromatic carbocycles. The molecule has 82 valence electrons. The first-order chi connectivity index (χ1) is 7.07. The second-order valence-electron chi connectivity index (χ2n) is 4.35. The maximum Gasteiger partial charge on any atom is 0.308 e. The lowest BCUT2D eigenvalue weighted by molar-refractivity contribution is -0.136. The van der Waals surface area contributed by atoms with Gasteiger partial charge in [-0.1, -0.05) is 0 Å². The van der Waals surface area contributed by atoms with E-state index in [2.05, 4.69) is 12.2 Å². The monoisotopic (exact) mass is 225 g/mol. The zero-order valence-corrected chi connectivity index (χ0v) is 9.56. The molecule has 1 aromatic heterocycles. The Balaban J connectivity index is 1.86. The third-order valence-corrected chi connectivity index (χ3v) is 3.82. The SMILES string of the molecule is CC1(NCc2ccc(CC(=O)O)s2)CC1. The van der Waals surface area contributed by atoms with E-state index in [1.165, 1.54) is 17.7 Å². The summed E-state index contributed by atoms with van der Waals surface area (Å²) in [5, 5.41) is 12.1. The predicted molar refractivity (Wildman–Crippen MR) is 60.1 cm³/mol. The fourth-order valence-electron chi connectivity index (χ4n) is 1.43. The Morgan fingerprint density at radius 3 is 2.80 bits per heavy atom. The molecule has 1 fully saturated rings. The van der Waals surface area contributed by atoms with Gasteiger partial charge in [-0.15, -0.1) is 11.3 Å². The summed E-state index contributed by atoms with van der Waals surface area (Å²) in [7, 11) is 0. The lowest BCUT2D eigenvalue weighted by Gasteiger charge is -2.09. The van der Waals surface area contributed by atoms with E-state index in [9.17, 15) is 4.79 Å². The van der Waals surface area contributed by atoms with E-state index in [4.69, 9.17) is 5.11 Å². The van der Waals surface area contributed by atoms with E-state index >= 15 is 0 Å². The van der Waals surface area contributed by atoms with Crippen molar-refractivity contribution in [2.24, 2.45) is 0 Å². The maximum absolute atomic E-state index is 10.5. The number of nitrogens with one attached hydrogen (secondary N) is 1. The first-order valence-corrected chi connectivity index (χ1v) is 5.93. The van der Waals surface area contributed by atoms with Crippen LogP contribution in [0.5, 0.6) is 0 Å². The number of carboxylic acids is 1. The molecular formula is C11H15NO2S. The van der Waals surface area contributed by atoms with Gasteiger partial charge < -0.3 is 10.4 Å². The van der Waals surface area contributed by atoms with E-state index in [1.54, 1.807) is 11.3 Å². The van der Waals surface area contributed by atoms with Crippen molar-refractivity contribution in [2.45, 2.75) is 38.3 Å². The summed E-state index contributed by atoms with van der Waals surface area (Å²) in [5.74, 6) is -0.759. The number of rotatable bonds is 5. The van der Waals surface area contributed by atoms with Gasteiger partial charge in [0.15, 0.2) is 0 Å². The van der Waals surface area contributed by atoms with Crippen LogP contribution in [0.3, 0.4) is 0 Å². The van der Waals surface area contributed by atoms with Gasteiger partial charge in [0.25, 0.3) is 0 Å². The quantitative estimate of drug-likeness (QED) is 0.806. The van der Waals surface area contributed by atoms with E-state index in [-0.39, 0.29) is 6.42 Å². The van der Waals surface area contributed by atoms with Gasteiger partial charge in [0.2, 0.25) is 0 Å². The molecule has 15 heavy (non-hydrogen) atoms. The van der Waals surface area contributed by atoms with Gasteiger partial charge in [-0.05, 0) is 31.9 Å². The largest absolute Gasteiger partial charge is 0.481 e. The van der Waals surface area contributed by atoms with Crippen molar-refractivity contribution in [2.75, 3.05) is 0 Å². The molecule has 2 rings (SSSR count). The summed E-state index contributed by atoms with van der Waals surface area (Å²) >= 11 is 1.59. The average Bonchev–Trinajstić information content (AvgIpc) is 2.73. The highest BCUT2D eigenvalue weighted by molar-refractivity contribution is 7.12. The molecular weight excluding hydrogens is 210 g/mol. The van der Waals surface area contributed by atoms with Crippen LogP contribution >= 0.6 is 11.3 Å². The fraction of sp³-hybridized carbons (Fsp3) is 0.545. The standard InChI is InChI=1S/C11H15NO2S/c1-11(4-5-11)12-7-9-3-2-8(15-9)6-10(13)14/h2-3,12H,4-7H2,1H3,(H,13,14). The van der Waals surface area contributed by atoms with Gasteiger partial charge in [0.1, 0.15) is 0 Å². The molecule has 0 amide bonds. The molecule has 1 aliphatic carbocycles. The summed E-state index contributed by atoms with van der Waals surface area (Å²) in [6, 6.07) is 3.92. The van der Waals surface area contributed by atoms with Gasteiger partial charge in [0, 0.05) is 21.8 Å². The normalized spacial score (nSPS) is 17.7. The smallest absolute Gasteiger partial charge is 0.308 e. The summed E-state index contributed by atoms with van der Waals surface area (Å²) < 4.78 is 0. The van der Waals surface area contributed by atoms with Crippen LogP contribution in [0.4, 0.5) is 0 Å². The molecule has 1 saturated carbocycles. The van der Waals surface area contributed by atoms with Crippen molar-refractivity contribution < 1.29 is 9.90 Å². The zero-order valence-electron chi connectivity index (χ0n) is 8.75. The van der Waals surface area contributed by atoms with Crippen molar-refractivity contribution in [1.82, 2.24) is 5.32 Å². The van der Waals surface area contributed by atoms with Crippen LogP contribution in [0.25, 0.3) is 0 Å². The Labute approximate surface area is 93.1 Å². The van der Waals surface area contributed by atoms with E-state index in [1.807, 2.05) is 12.1 Å². The van der Waals surface area contributed by atoms with Crippen molar-refractivity contribution in [1.29, 1.82) is 0 Å². The predicted octanol–water partition coefficient (Wildman–Crippen LogP) is 2.02. The first-order valence-electron chi connectivity index (χ1n) is 5.12. The summed E-state index contributed by atoms with van der Waals surface area (Å²) in [4.78, 5) is 12.6. The van der Waals surface area contributed by atoms with Crippen LogP contribution in [0, 0.1) is 0 Å². The molecule has 1 aliphatic rings. The first kappa shape index (κ1) is 10.6. The average molecular weight is 225 g/mol. The maximum atomic E-state index is 10.5. The lowest BCUT2D eigenvalue weighted by atomic mass is 10.3. The molecule has 1 aromatic rings. The van der Waals surface area contributed by atoms with Crippen molar-refractivity contribution in [3.63, 3.8) is 0 Å². The molecule has 0 spiro atoms. The van der Waals surface area contributed by atoms with Crippen LogP contribution in [0.1, 0.15) is 29.5 Å². The molecule has 4 heteroatoms. The number of carbonyl (C=O) groups is 1. The summed E-state index contributed by atoms with van der Waals surface area (Å²) in [6.07, 6.45) is 2.64. The van der Waals surface area contributed by atoms with E-state index < -0.39 is 5.97 Å². The van der Waals surface area contributed by atoms with Crippen LogP contribution in [0.2, 0.25) is 0 Å². The third-order valence-electron chi connectivity index (χ3n) is 2.73. The van der Waals surface area contributed by atoms with Crippen LogP contribution in [-0.4, -0.2) is 16.6 Å². The molecule has 2 N–H and O–H groups in total. The minimum absolute atomic E-state index is 0.141. The van der Waals surface area contributed by atoms with E-state index in [0.29, 0.717) is 5.54 Å². The molecule has 0 atom stereocenters. The second kappa shape index (κ2) is 3.94. The Kier molecular flexibility index (Phi) is 2.80. The minimum Gasteiger partial charge on any atom is -0.481 e. The zero-order chi connectivity index (χ0) is 10.9. The molecule has 0 aliphatic heterocycles. The minimum atomic E-state index is -0.759. The Hall–Kier alpha value is -0.870. The number of aliphatic carboxylic acids is 1. The van der Waals surface area contributed by atoms with Crippen LogP contribution < -0.4 is 5.32 Å². The van der Waals surface area contributed by atoms with Crippen molar-refractivity contribution in [3.05, 3.63) is 21.9 Å². The molecule has 0 radical (unpaired) electrons. The number of hydrogen-bond acceptors (Lipinski definition) is 3. The molecule has 3 nitrogen and oxygen atoms in total. The van der Waals surface area contributed by atoms with Crippen molar-refractivity contribution >= 4 is 17.3 Å². The third kappa shape index (κ3) is 3.04. The van der Waals surface area contributed by atoms with Gasteiger partial charge in [-0.25, -0.2) is 0 Å². The summed E-state index contributed by atoms with van der Waals surface area (Å²) in [5.41, 5.74) is 0.344. The van der Waals surface area contributed by atoms with Crippen molar-refractivity contribution in [3.8, 4) is 0 Å². The van der Waals surface area contributed by atoms with Gasteiger partial charge in [0.05, 0.1) is 6.42 Å². The highest BCUT2D eigenvalue weighted by atomic mass is 32.1. The second-order valence-corrected chi connectivity index (χ2v) is 5.61. The number of carboxylic acid groups (broad SMARTS) is 1. The fourth-order valence-corrected chi connectivity index (χ4v) is 2.38. The van der Waals surface area contributed by atoms with Crippen LogP contribution in [0.15, 0.2) is 12.1 Å². The number of thiophene rings is 1. The number of hydrogen-bond donors (Lipinski definition) is 2. The Morgan fingerprint density at radius 1 is 1.53 bits per heavy atom. The molecule has 0 unspecified atom stereocenters. The molecule has 0 bridgehead atoms. The highest BCUT2D eigenvalue weighted by Gasteiger charge is 2.36. The summed E-state index contributed by atoms with van der Waals surface area (Å²) in [6.45, 7) is 3.08. The molecule has 0 saturated heterocycles. The van der Waals surface area contributed by atoms with Gasteiger partial charge in [-0.2, -0.15) is 0 Å². The topological polar surface area (TPSA) is 49.3 Å². The highest BCUT2D eigenvalue weighted by Crippen LogP contribution is 2.34. The van der Waals surface area contributed by atoms with Gasteiger partial charge >= 0.3 is 5.97 Å². The Bertz CT molecular complexity index is 368. The molecule has 1 heterocycles. The lowest BCUT2D eigenvalue weighted by Crippen LogP contribution is -2.26. The van der Waals surface area contributed by atoms with Gasteiger partial charge in [-0.3, -0.25) is 4.79 Å². The van der Waals surface area contributed by atoms with Crippen LogP contribution in [-0.2, 0) is 17.8 Å². The van der Waals surface area contributed by atoms with E-state index in [0.717, 1.165) is 11.4 Å².